The van der Waals surface area contributed by atoms with Gasteiger partial charge in [-0.3, -0.25) is 0 Å². The van der Waals surface area contributed by atoms with Crippen LogP contribution in [0.4, 0.5) is 0 Å². The van der Waals surface area contributed by atoms with Crippen molar-refractivity contribution in [2.24, 2.45) is 5.73 Å². The standard InChI is InChI=1S/C12H29N3O/c13-7-3-1-4-8-14-9-5-2-6-10-15-11-12-16/h14-16H,1-13H2. The zero-order valence-corrected chi connectivity index (χ0v) is 10.5. The average molecular weight is 231 g/mol. The number of nitrogens with two attached hydrogens (primary N) is 1. The van der Waals surface area contributed by atoms with Gasteiger partial charge in [-0.1, -0.05) is 12.8 Å². The van der Waals surface area contributed by atoms with Crippen LogP contribution in [-0.2, 0) is 0 Å². The maximum atomic E-state index is 8.55. The highest BCUT2D eigenvalue weighted by Gasteiger charge is 1.91. The summed E-state index contributed by atoms with van der Waals surface area (Å²) in [6.07, 6.45) is 7.35. The van der Waals surface area contributed by atoms with E-state index in [-0.39, 0.29) is 6.61 Å². The molecule has 0 aliphatic heterocycles. The molecule has 0 spiro atoms. The van der Waals surface area contributed by atoms with Gasteiger partial charge in [-0.05, 0) is 51.9 Å². The smallest absolute Gasteiger partial charge is 0.0555 e. The third kappa shape index (κ3) is 13.8. The number of unbranched alkanes of at least 4 members (excludes halogenated alkanes) is 4. The molecule has 0 radical (unpaired) electrons. The SMILES string of the molecule is NCCCCCNCCCCCNCCO. The number of rotatable bonds is 13. The summed E-state index contributed by atoms with van der Waals surface area (Å²) in [5, 5.41) is 15.2. The Morgan fingerprint density at radius 1 is 0.688 bits per heavy atom. The van der Waals surface area contributed by atoms with Crippen LogP contribution in [0.2, 0.25) is 0 Å². The van der Waals surface area contributed by atoms with Crippen LogP contribution < -0.4 is 16.4 Å². The summed E-state index contributed by atoms with van der Waals surface area (Å²) in [5.74, 6) is 0. The summed E-state index contributed by atoms with van der Waals surface area (Å²) in [4.78, 5) is 0. The van der Waals surface area contributed by atoms with E-state index in [1.54, 1.807) is 0 Å². The van der Waals surface area contributed by atoms with Crippen LogP contribution in [-0.4, -0.2) is 44.4 Å². The minimum Gasteiger partial charge on any atom is -0.395 e. The molecule has 0 aliphatic rings. The lowest BCUT2D eigenvalue weighted by Gasteiger charge is -2.05. The fourth-order valence-corrected chi connectivity index (χ4v) is 1.58. The fourth-order valence-electron chi connectivity index (χ4n) is 1.58. The predicted octanol–water partition coefficient (Wildman–Crippen LogP) is 0.457. The summed E-state index contributed by atoms with van der Waals surface area (Å²) < 4.78 is 0. The van der Waals surface area contributed by atoms with Gasteiger partial charge >= 0.3 is 0 Å². The van der Waals surface area contributed by atoms with Gasteiger partial charge in [0, 0.05) is 6.54 Å². The van der Waals surface area contributed by atoms with Crippen LogP contribution in [0.5, 0.6) is 0 Å². The minimum atomic E-state index is 0.240. The fraction of sp³-hybridized carbons (Fsp3) is 1.00. The second kappa shape index (κ2) is 14.8. The summed E-state index contributed by atoms with van der Waals surface area (Å²) in [6.45, 7) is 5.06. The Morgan fingerprint density at radius 2 is 1.19 bits per heavy atom. The van der Waals surface area contributed by atoms with Crippen molar-refractivity contribution in [3.63, 3.8) is 0 Å². The van der Waals surface area contributed by atoms with Crippen LogP contribution in [0.3, 0.4) is 0 Å². The van der Waals surface area contributed by atoms with Crippen LogP contribution in [0.25, 0.3) is 0 Å². The molecular formula is C12H29N3O. The van der Waals surface area contributed by atoms with Gasteiger partial charge in [0.15, 0.2) is 0 Å². The molecule has 0 aromatic heterocycles. The number of hydrogen-bond donors (Lipinski definition) is 4. The van der Waals surface area contributed by atoms with E-state index in [1.165, 1.54) is 32.1 Å². The van der Waals surface area contributed by atoms with Gasteiger partial charge in [0.2, 0.25) is 0 Å². The third-order valence-corrected chi connectivity index (χ3v) is 2.55. The molecule has 98 valence electrons. The minimum absolute atomic E-state index is 0.240. The molecule has 0 aromatic carbocycles. The van der Waals surface area contributed by atoms with Crippen molar-refractivity contribution in [3.05, 3.63) is 0 Å². The molecule has 0 rings (SSSR count). The van der Waals surface area contributed by atoms with Gasteiger partial charge in [-0.25, -0.2) is 0 Å². The Hall–Kier alpha value is -0.160. The molecule has 0 bridgehead atoms. The lowest BCUT2D eigenvalue weighted by Crippen LogP contribution is -2.20. The van der Waals surface area contributed by atoms with Crippen LogP contribution in [0.1, 0.15) is 38.5 Å². The van der Waals surface area contributed by atoms with Crippen LogP contribution in [0, 0.1) is 0 Å². The van der Waals surface area contributed by atoms with E-state index in [4.69, 9.17) is 10.8 Å². The summed E-state index contributed by atoms with van der Waals surface area (Å²) in [7, 11) is 0. The molecular weight excluding hydrogens is 202 g/mol. The molecule has 0 amide bonds. The third-order valence-electron chi connectivity index (χ3n) is 2.55. The first kappa shape index (κ1) is 15.8. The predicted molar refractivity (Wildman–Crippen MR) is 69.6 cm³/mol. The summed E-state index contributed by atoms with van der Waals surface area (Å²) >= 11 is 0. The van der Waals surface area contributed by atoms with Crippen molar-refractivity contribution < 1.29 is 5.11 Å². The van der Waals surface area contributed by atoms with Gasteiger partial charge in [0.25, 0.3) is 0 Å². The lowest BCUT2D eigenvalue weighted by atomic mass is 10.2. The second-order valence-corrected chi connectivity index (χ2v) is 4.13. The number of aliphatic hydroxyl groups excluding tert-OH is 1. The normalized spacial score (nSPS) is 10.9. The van der Waals surface area contributed by atoms with E-state index in [1.807, 2.05) is 0 Å². The average Bonchev–Trinajstić information content (AvgIpc) is 2.31. The Balaban J connectivity index is 2.83. The Bertz CT molecular complexity index is 109. The molecule has 5 N–H and O–H groups in total. The molecule has 4 nitrogen and oxygen atoms in total. The molecule has 0 saturated carbocycles. The Labute approximate surface area is 100.0 Å². The molecule has 0 atom stereocenters. The van der Waals surface area contributed by atoms with E-state index in [0.717, 1.165) is 39.1 Å². The second-order valence-electron chi connectivity index (χ2n) is 4.13. The Kier molecular flexibility index (Phi) is 14.7. The Morgan fingerprint density at radius 3 is 1.69 bits per heavy atom. The van der Waals surface area contributed by atoms with Gasteiger partial charge in [0.1, 0.15) is 0 Å². The molecule has 0 saturated heterocycles. The molecule has 16 heavy (non-hydrogen) atoms. The largest absolute Gasteiger partial charge is 0.395 e. The van der Waals surface area contributed by atoms with Crippen molar-refractivity contribution in [1.82, 2.24) is 10.6 Å². The number of aliphatic hydroxyl groups is 1. The van der Waals surface area contributed by atoms with E-state index in [0.29, 0.717) is 0 Å². The van der Waals surface area contributed by atoms with Gasteiger partial charge < -0.3 is 21.5 Å². The van der Waals surface area contributed by atoms with Crippen LogP contribution in [0.15, 0.2) is 0 Å². The zero-order chi connectivity index (χ0) is 11.9. The number of nitrogens with one attached hydrogen (secondary N) is 2. The van der Waals surface area contributed by atoms with Crippen molar-refractivity contribution >= 4 is 0 Å². The summed E-state index contributed by atoms with van der Waals surface area (Å²) in [6, 6.07) is 0. The summed E-state index contributed by atoms with van der Waals surface area (Å²) in [5.41, 5.74) is 5.42. The van der Waals surface area contributed by atoms with E-state index < -0.39 is 0 Å². The monoisotopic (exact) mass is 231 g/mol. The first-order valence-corrected chi connectivity index (χ1v) is 6.64. The van der Waals surface area contributed by atoms with E-state index in [9.17, 15) is 0 Å². The molecule has 0 heterocycles. The molecule has 0 aromatic rings. The molecule has 4 heteroatoms. The highest BCUT2D eigenvalue weighted by Crippen LogP contribution is 1.94. The van der Waals surface area contributed by atoms with Crippen molar-refractivity contribution in [3.8, 4) is 0 Å². The highest BCUT2D eigenvalue weighted by atomic mass is 16.3. The highest BCUT2D eigenvalue weighted by molar-refractivity contribution is 4.52. The van der Waals surface area contributed by atoms with Crippen molar-refractivity contribution in [2.75, 3.05) is 39.3 Å². The van der Waals surface area contributed by atoms with Crippen molar-refractivity contribution in [1.29, 1.82) is 0 Å². The quantitative estimate of drug-likeness (QED) is 0.348. The first-order valence-electron chi connectivity index (χ1n) is 6.64. The van der Waals surface area contributed by atoms with Crippen LogP contribution >= 0.6 is 0 Å². The maximum absolute atomic E-state index is 8.55. The van der Waals surface area contributed by atoms with E-state index in [2.05, 4.69) is 10.6 Å². The lowest BCUT2D eigenvalue weighted by molar-refractivity contribution is 0.292. The first-order chi connectivity index (χ1) is 7.91. The topological polar surface area (TPSA) is 70.3 Å². The van der Waals surface area contributed by atoms with Gasteiger partial charge in [0.05, 0.1) is 6.61 Å². The van der Waals surface area contributed by atoms with Crippen molar-refractivity contribution in [2.45, 2.75) is 38.5 Å². The molecule has 0 fully saturated rings. The van der Waals surface area contributed by atoms with Gasteiger partial charge in [-0.2, -0.15) is 0 Å². The zero-order valence-electron chi connectivity index (χ0n) is 10.5. The maximum Gasteiger partial charge on any atom is 0.0555 e. The number of hydrogen-bond acceptors (Lipinski definition) is 4. The molecule has 0 aliphatic carbocycles. The van der Waals surface area contributed by atoms with Gasteiger partial charge in [-0.15, -0.1) is 0 Å². The molecule has 0 unspecified atom stereocenters. The van der Waals surface area contributed by atoms with E-state index >= 15 is 0 Å².